The third kappa shape index (κ3) is 2.78. The molecular formula is C13H9F4NO4S. The summed E-state index contributed by atoms with van der Waals surface area (Å²) in [7, 11) is -6.00. The summed E-state index contributed by atoms with van der Waals surface area (Å²) in [6.45, 7) is 0. The van der Waals surface area contributed by atoms with E-state index in [0.717, 1.165) is 18.9 Å². The molecule has 1 fully saturated rings. The Kier molecular flexibility index (Phi) is 3.40. The number of benzene rings is 1. The molecular weight excluding hydrogens is 342 g/mol. The van der Waals surface area contributed by atoms with Crippen molar-refractivity contribution in [3.63, 3.8) is 0 Å². The van der Waals surface area contributed by atoms with Gasteiger partial charge in [-0.25, -0.2) is 4.39 Å². The Morgan fingerprint density at radius 1 is 1.22 bits per heavy atom. The second kappa shape index (κ2) is 4.95. The molecule has 1 aromatic heterocycles. The Morgan fingerprint density at radius 3 is 2.43 bits per heavy atom. The lowest BCUT2D eigenvalue weighted by Gasteiger charge is -2.13. The normalized spacial score (nSPS) is 15.8. The van der Waals surface area contributed by atoms with Crippen LogP contribution in [0, 0.1) is 5.82 Å². The second-order valence-corrected chi connectivity index (χ2v) is 6.64. The maximum Gasteiger partial charge on any atom is 0.534 e. The standard InChI is InChI=1S/C13H9F4NO4S/c14-9-5-8-10(18(7-1-2-7)4-3-11(8)19)6-12(9)22-23(20,21)13(15,16)17/h3-7H,1-2H2. The van der Waals surface area contributed by atoms with Crippen molar-refractivity contribution >= 4 is 21.0 Å². The number of pyridine rings is 1. The number of hydrogen-bond acceptors (Lipinski definition) is 4. The van der Waals surface area contributed by atoms with Crippen molar-refractivity contribution in [1.29, 1.82) is 0 Å². The van der Waals surface area contributed by atoms with E-state index in [1.165, 1.54) is 12.3 Å². The van der Waals surface area contributed by atoms with Crippen LogP contribution in [0.4, 0.5) is 17.6 Å². The molecule has 0 bridgehead atoms. The highest BCUT2D eigenvalue weighted by atomic mass is 32.2. The Balaban J connectivity index is 2.18. The Hall–Kier alpha value is -2.10. The van der Waals surface area contributed by atoms with Gasteiger partial charge in [-0.1, -0.05) is 0 Å². The van der Waals surface area contributed by atoms with Crippen molar-refractivity contribution in [3.8, 4) is 5.75 Å². The number of alkyl halides is 3. The molecule has 0 spiro atoms. The summed E-state index contributed by atoms with van der Waals surface area (Å²) in [6.07, 6.45) is 3.03. The second-order valence-electron chi connectivity index (χ2n) is 5.10. The van der Waals surface area contributed by atoms with Crippen LogP contribution in [0.2, 0.25) is 0 Å². The third-order valence-electron chi connectivity index (χ3n) is 3.40. The van der Waals surface area contributed by atoms with Crippen LogP contribution >= 0.6 is 0 Å². The van der Waals surface area contributed by atoms with Gasteiger partial charge in [-0.3, -0.25) is 4.79 Å². The third-order valence-corrected chi connectivity index (χ3v) is 4.37. The molecule has 1 aliphatic carbocycles. The first-order valence-electron chi connectivity index (χ1n) is 6.45. The molecule has 3 rings (SSSR count). The molecule has 0 aliphatic heterocycles. The van der Waals surface area contributed by atoms with Gasteiger partial charge in [-0.15, -0.1) is 0 Å². The monoisotopic (exact) mass is 351 g/mol. The molecule has 124 valence electrons. The number of nitrogens with zero attached hydrogens (tertiary/aromatic N) is 1. The number of rotatable bonds is 3. The van der Waals surface area contributed by atoms with E-state index in [1.807, 2.05) is 0 Å². The zero-order chi connectivity index (χ0) is 17.0. The fourth-order valence-electron chi connectivity index (χ4n) is 2.17. The van der Waals surface area contributed by atoms with Gasteiger partial charge in [0.1, 0.15) is 0 Å². The van der Waals surface area contributed by atoms with E-state index in [2.05, 4.69) is 4.18 Å². The molecule has 0 unspecified atom stereocenters. The number of fused-ring (bicyclic) bond motifs is 1. The molecule has 23 heavy (non-hydrogen) atoms. The molecule has 0 saturated heterocycles. The van der Waals surface area contributed by atoms with E-state index in [1.54, 1.807) is 4.57 Å². The molecule has 1 saturated carbocycles. The van der Waals surface area contributed by atoms with Crippen LogP contribution < -0.4 is 9.61 Å². The first-order chi connectivity index (χ1) is 10.6. The van der Waals surface area contributed by atoms with E-state index < -0.39 is 32.6 Å². The molecule has 0 radical (unpaired) electrons. The van der Waals surface area contributed by atoms with E-state index in [0.29, 0.717) is 6.07 Å². The highest BCUT2D eigenvalue weighted by molar-refractivity contribution is 7.88. The van der Waals surface area contributed by atoms with Crippen LogP contribution in [0.3, 0.4) is 0 Å². The summed E-state index contributed by atoms with van der Waals surface area (Å²) in [5.41, 5.74) is -6.09. The minimum atomic E-state index is -6.00. The smallest absolute Gasteiger partial charge is 0.373 e. The quantitative estimate of drug-likeness (QED) is 0.485. The fourth-order valence-corrected chi connectivity index (χ4v) is 2.63. The average molecular weight is 351 g/mol. The Labute approximate surface area is 127 Å². The van der Waals surface area contributed by atoms with Crippen LogP contribution in [0.15, 0.2) is 29.2 Å². The van der Waals surface area contributed by atoms with Gasteiger partial charge in [0.25, 0.3) is 0 Å². The molecule has 10 heteroatoms. The summed E-state index contributed by atoms with van der Waals surface area (Å²) in [5.74, 6) is -2.47. The molecule has 0 atom stereocenters. The van der Waals surface area contributed by atoms with Crippen molar-refractivity contribution in [1.82, 2.24) is 4.57 Å². The topological polar surface area (TPSA) is 65.4 Å². The van der Waals surface area contributed by atoms with Gasteiger partial charge in [0.15, 0.2) is 17.0 Å². The van der Waals surface area contributed by atoms with E-state index in [-0.39, 0.29) is 16.9 Å². The zero-order valence-corrected chi connectivity index (χ0v) is 12.1. The number of halogens is 4. The van der Waals surface area contributed by atoms with Crippen LogP contribution in [0.25, 0.3) is 10.9 Å². The van der Waals surface area contributed by atoms with Crippen LogP contribution in [0.5, 0.6) is 5.75 Å². The van der Waals surface area contributed by atoms with Crippen LogP contribution in [-0.2, 0) is 10.1 Å². The minimum Gasteiger partial charge on any atom is -0.373 e. The predicted molar refractivity (Wildman–Crippen MR) is 72.0 cm³/mol. The lowest BCUT2D eigenvalue weighted by molar-refractivity contribution is -0.0500. The molecule has 2 aromatic rings. The Bertz CT molecular complexity index is 945. The molecule has 0 amide bonds. The summed E-state index contributed by atoms with van der Waals surface area (Å²) < 4.78 is 78.4. The molecule has 1 aromatic carbocycles. The van der Waals surface area contributed by atoms with Crippen LogP contribution in [-0.4, -0.2) is 18.5 Å². The predicted octanol–water partition coefficient (Wildman–Crippen LogP) is 2.70. The molecule has 1 aliphatic rings. The van der Waals surface area contributed by atoms with Crippen molar-refractivity contribution in [2.45, 2.75) is 24.4 Å². The van der Waals surface area contributed by atoms with Crippen molar-refractivity contribution in [2.75, 3.05) is 0 Å². The summed E-state index contributed by atoms with van der Waals surface area (Å²) in [5, 5.41) is -0.0614. The average Bonchev–Trinajstić information content (AvgIpc) is 3.24. The highest BCUT2D eigenvalue weighted by Gasteiger charge is 2.49. The van der Waals surface area contributed by atoms with Crippen molar-refractivity contribution in [2.24, 2.45) is 0 Å². The summed E-state index contributed by atoms with van der Waals surface area (Å²) in [4.78, 5) is 11.8. The van der Waals surface area contributed by atoms with Crippen molar-refractivity contribution in [3.05, 3.63) is 40.4 Å². The van der Waals surface area contributed by atoms with Crippen molar-refractivity contribution < 1.29 is 30.2 Å². The first-order valence-corrected chi connectivity index (χ1v) is 7.86. The largest absolute Gasteiger partial charge is 0.534 e. The maximum absolute atomic E-state index is 13.9. The van der Waals surface area contributed by atoms with Gasteiger partial charge in [-0.05, 0) is 18.9 Å². The zero-order valence-electron chi connectivity index (χ0n) is 11.3. The van der Waals surface area contributed by atoms with Gasteiger partial charge in [0.2, 0.25) is 0 Å². The highest BCUT2D eigenvalue weighted by Crippen LogP contribution is 2.38. The lowest BCUT2D eigenvalue weighted by atomic mass is 10.2. The van der Waals surface area contributed by atoms with Gasteiger partial charge >= 0.3 is 15.6 Å². The summed E-state index contributed by atoms with van der Waals surface area (Å²) in [6, 6.07) is 2.73. The number of hydrogen-bond donors (Lipinski definition) is 0. The van der Waals surface area contributed by atoms with Gasteiger partial charge in [0.05, 0.1) is 5.52 Å². The van der Waals surface area contributed by atoms with E-state index >= 15 is 0 Å². The molecule has 1 heterocycles. The van der Waals surface area contributed by atoms with E-state index in [9.17, 15) is 30.8 Å². The Morgan fingerprint density at radius 2 is 1.87 bits per heavy atom. The van der Waals surface area contributed by atoms with Crippen LogP contribution in [0.1, 0.15) is 18.9 Å². The first kappa shape index (κ1) is 15.8. The minimum absolute atomic E-state index is 0.0376. The maximum atomic E-state index is 13.9. The molecule has 0 N–H and O–H groups in total. The fraction of sp³-hybridized carbons (Fsp3) is 0.308. The van der Waals surface area contributed by atoms with Gasteiger partial charge in [0, 0.05) is 29.8 Å². The van der Waals surface area contributed by atoms with E-state index in [4.69, 9.17) is 0 Å². The van der Waals surface area contributed by atoms with Gasteiger partial charge in [-0.2, -0.15) is 21.6 Å². The SMILES string of the molecule is O=c1ccn(C2CC2)c2cc(OS(=O)(=O)C(F)(F)F)c(F)cc12. The summed E-state index contributed by atoms with van der Waals surface area (Å²) >= 11 is 0. The lowest BCUT2D eigenvalue weighted by Crippen LogP contribution is -2.28. The number of aromatic nitrogens is 1. The van der Waals surface area contributed by atoms with Gasteiger partial charge < -0.3 is 8.75 Å². The molecule has 5 nitrogen and oxygen atoms in total.